The van der Waals surface area contributed by atoms with Crippen LogP contribution in [0.5, 0.6) is 11.5 Å². The van der Waals surface area contributed by atoms with E-state index < -0.39 is 0 Å². The molecule has 0 aliphatic carbocycles. The Balaban J connectivity index is 1.21. The first kappa shape index (κ1) is 23.9. The summed E-state index contributed by atoms with van der Waals surface area (Å²) in [6.07, 6.45) is 1.58. The van der Waals surface area contributed by atoms with E-state index in [1.54, 1.807) is 32.4 Å². The van der Waals surface area contributed by atoms with Crippen LogP contribution in [0.15, 0.2) is 48.5 Å². The smallest absolute Gasteiger partial charge is 0.238 e. The highest BCUT2D eigenvalue weighted by atomic mass is 16.5. The Kier molecular flexibility index (Phi) is 7.90. The first-order valence-corrected chi connectivity index (χ1v) is 11.9. The summed E-state index contributed by atoms with van der Waals surface area (Å²) < 4.78 is 10.6. The van der Waals surface area contributed by atoms with Crippen LogP contribution in [0.3, 0.4) is 0 Å². The molecule has 2 aliphatic heterocycles. The summed E-state index contributed by atoms with van der Waals surface area (Å²) in [5, 5.41) is 2.92. The van der Waals surface area contributed by atoms with Gasteiger partial charge in [0.1, 0.15) is 11.5 Å². The molecule has 0 saturated carbocycles. The molecule has 0 unspecified atom stereocenters. The second-order valence-electron chi connectivity index (χ2n) is 8.81. The van der Waals surface area contributed by atoms with Crippen molar-refractivity contribution in [2.45, 2.75) is 12.8 Å². The Labute approximate surface area is 201 Å². The topological polar surface area (TPSA) is 74.4 Å². The molecular formula is C26H34N4O4. The van der Waals surface area contributed by atoms with Crippen molar-refractivity contribution in [3.05, 3.63) is 48.5 Å². The number of rotatable bonds is 7. The summed E-state index contributed by atoms with van der Waals surface area (Å²) in [7, 11) is 3.15. The number of hydrogen-bond donors (Lipinski definition) is 1. The van der Waals surface area contributed by atoms with Crippen molar-refractivity contribution in [1.82, 2.24) is 9.80 Å². The van der Waals surface area contributed by atoms with Crippen molar-refractivity contribution in [1.29, 1.82) is 0 Å². The number of anilines is 2. The number of nitrogens with one attached hydrogen (secondary N) is 1. The lowest BCUT2D eigenvalue weighted by Gasteiger charge is -2.39. The number of carbonyl (C=O) groups excluding carboxylic acids is 2. The van der Waals surface area contributed by atoms with Crippen molar-refractivity contribution in [2.24, 2.45) is 5.92 Å². The van der Waals surface area contributed by atoms with Crippen LogP contribution >= 0.6 is 0 Å². The zero-order valence-electron chi connectivity index (χ0n) is 20.0. The third kappa shape index (κ3) is 5.80. The Morgan fingerprint density at radius 3 is 2.26 bits per heavy atom. The second-order valence-corrected chi connectivity index (χ2v) is 8.81. The van der Waals surface area contributed by atoms with E-state index in [2.05, 4.69) is 39.4 Å². The van der Waals surface area contributed by atoms with E-state index in [0.29, 0.717) is 23.7 Å². The number of likely N-dealkylation sites (tertiary alicyclic amines) is 1. The highest BCUT2D eigenvalue weighted by molar-refractivity contribution is 5.93. The minimum absolute atomic E-state index is 0.0456. The molecule has 2 heterocycles. The number of benzene rings is 2. The van der Waals surface area contributed by atoms with Gasteiger partial charge in [-0.1, -0.05) is 18.2 Å². The van der Waals surface area contributed by atoms with Crippen LogP contribution in [0.2, 0.25) is 0 Å². The molecule has 2 aliphatic rings. The Morgan fingerprint density at radius 1 is 0.912 bits per heavy atom. The summed E-state index contributed by atoms with van der Waals surface area (Å²) in [6, 6.07) is 15.7. The number of hydrogen-bond acceptors (Lipinski definition) is 6. The maximum atomic E-state index is 13.1. The summed E-state index contributed by atoms with van der Waals surface area (Å²) in [5.74, 6) is 1.45. The van der Waals surface area contributed by atoms with Crippen molar-refractivity contribution >= 4 is 23.2 Å². The number of piperazine rings is 1. The molecule has 8 nitrogen and oxygen atoms in total. The first-order chi connectivity index (χ1) is 16.6. The number of carbonyl (C=O) groups is 2. The van der Waals surface area contributed by atoms with Gasteiger partial charge in [0.15, 0.2) is 0 Å². The Morgan fingerprint density at radius 2 is 1.62 bits per heavy atom. The molecule has 2 aromatic carbocycles. The van der Waals surface area contributed by atoms with Gasteiger partial charge in [0.2, 0.25) is 11.8 Å². The standard InChI is InChI=1S/C26H34N4O4/c1-33-22-8-9-23(24(18-22)34-2)27-25(31)19-28-12-10-20(11-13-28)26(32)30-16-14-29(15-17-30)21-6-4-3-5-7-21/h3-9,18,20H,10-17,19H2,1-2H3,(H,27,31). The van der Waals surface area contributed by atoms with E-state index >= 15 is 0 Å². The largest absolute Gasteiger partial charge is 0.497 e. The number of nitrogens with zero attached hydrogens (tertiary/aromatic N) is 3. The summed E-state index contributed by atoms with van der Waals surface area (Å²) >= 11 is 0. The van der Waals surface area contributed by atoms with Crippen LogP contribution < -0.4 is 19.7 Å². The van der Waals surface area contributed by atoms with Gasteiger partial charge in [-0.3, -0.25) is 14.5 Å². The molecule has 0 bridgehead atoms. The van der Waals surface area contributed by atoms with Crippen LogP contribution in [0.25, 0.3) is 0 Å². The van der Waals surface area contributed by atoms with E-state index in [9.17, 15) is 9.59 Å². The van der Waals surface area contributed by atoms with Crippen LogP contribution in [0, 0.1) is 5.92 Å². The van der Waals surface area contributed by atoms with E-state index in [-0.39, 0.29) is 17.7 Å². The zero-order valence-corrected chi connectivity index (χ0v) is 20.0. The molecule has 4 rings (SSSR count). The minimum atomic E-state index is -0.0923. The van der Waals surface area contributed by atoms with Crippen LogP contribution in [0.4, 0.5) is 11.4 Å². The van der Waals surface area contributed by atoms with E-state index in [4.69, 9.17) is 9.47 Å². The van der Waals surface area contributed by atoms with Crippen molar-refractivity contribution in [3.8, 4) is 11.5 Å². The third-order valence-electron chi connectivity index (χ3n) is 6.70. The third-order valence-corrected chi connectivity index (χ3v) is 6.70. The van der Waals surface area contributed by atoms with Gasteiger partial charge in [0.05, 0.1) is 26.5 Å². The fourth-order valence-corrected chi connectivity index (χ4v) is 4.71. The average Bonchev–Trinajstić information content (AvgIpc) is 2.89. The van der Waals surface area contributed by atoms with Gasteiger partial charge in [-0.2, -0.15) is 0 Å². The summed E-state index contributed by atoms with van der Waals surface area (Å²) in [5.41, 5.74) is 1.83. The molecule has 1 N–H and O–H groups in total. The fourth-order valence-electron chi connectivity index (χ4n) is 4.71. The van der Waals surface area contributed by atoms with Gasteiger partial charge < -0.3 is 24.6 Å². The molecule has 34 heavy (non-hydrogen) atoms. The van der Waals surface area contributed by atoms with Gasteiger partial charge in [-0.15, -0.1) is 0 Å². The molecule has 0 radical (unpaired) electrons. The number of methoxy groups -OCH3 is 2. The normalized spacial score (nSPS) is 17.4. The van der Waals surface area contributed by atoms with Gasteiger partial charge in [-0.25, -0.2) is 0 Å². The predicted molar refractivity (Wildman–Crippen MR) is 133 cm³/mol. The molecular weight excluding hydrogens is 432 g/mol. The lowest BCUT2D eigenvalue weighted by Crippen LogP contribution is -2.52. The van der Waals surface area contributed by atoms with Crippen molar-refractivity contribution in [3.63, 3.8) is 0 Å². The van der Waals surface area contributed by atoms with Crippen LogP contribution in [0.1, 0.15) is 12.8 Å². The molecule has 182 valence electrons. The van der Waals surface area contributed by atoms with Gasteiger partial charge in [0, 0.05) is 43.9 Å². The molecule has 2 amide bonds. The molecule has 0 atom stereocenters. The molecule has 2 saturated heterocycles. The average molecular weight is 467 g/mol. The molecule has 8 heteroatoms. The SMILES string of the molecule is COc1ccc(NC(=O)CN2CCC(C(=O)N3CCN(c4ccccc4)CC3)CC2)c(OC)c1. The summed E-state index contributed by atoms with van der Waals surface area (Å²) in [4.78, 5) is 32.1. The molecule has 0 aromatic heterocycles. The highest BCUT2D eigenvalue weighted by Gasteiger charge is 2.31. The molecule has 0 spiro atoms. The number of amides is 2. The summed E-state index contributed by atoms with van der Waals surface area (Å²) in [6.45, 7) is 5.04. The van der Waals surface area contributed by atoms with Gasteiger partial charge >= 0.3 is 0 Å². The quantitative estimate of drug-likeness (QED) is 0.677. The number of piperidine rings is 1. The number of ether oxygens (including phenoxy) is 2. The van der Waals surface area contributed by atoms with Crippen LogP contribution in [-0.2, 0) is 9.59 Å². The minimum Gasteiger partial charge on any atom is -0.497 e. The van der Waals surface area contributed by atoms with Crippen LogP contribution in [-0.4, -0.2) is 81.6 Å². The predicted octanol–water partition coefficient (Wildman–Crippen LogP) is 2.70. The van der Waals surface area contributed by atoms with E-state index in [1.807, 2.05) is 11.0 Å². The van der Waals surface area contributed by atoms with Crippen molar-refractivity contribution in [2.75, 3.05) is 70.2 Å². The maximum Gasteiger partial charge on any atom is 0.238 e. The highest BCUT2D eigenvalue weighted by Crippen LogP contribution is 2.29. The van der Waals surface area contributed by atoms with E-state index in [0.717, 1.165) is 52.1 Å². The molecule has 2 aromatic rings. The monoisotopic (exact) mass is 466 g/mol. The van der Waals surface area contributed by atoms with E-state index in [1.165, 1.54) is 5.69 Å². The van der Waals surface area contributed by atoms with Gasteiger partial charge in [0.25, 0.3) is 0 Å². The lowest BCUT2D eigenvalue weighted by atomic mass is 9.95. The molecule has 2 fully saturated rings. The maximum absolute atomic E-state index is 13.1. The zero-order chi connectivity index (χ0) is 23.9. The van der Waals surface area contributed by atoms with Gasteiger partial charge in [-0.05, 0) is 50.2 Å². The second kappa shape index (κ2) is 11.2. The first-order valence-electron chi connectivity index (χ1n) is 11.9. The number of para-hydroxylation sites is 1. The Bertz CT molecular complexity index is 968. The Hall–Kier alpha value is -3.26. The fraction of sp³-hybridized carbons (Fsp3) is 0.462. The lowest BCUT2D eigenvalue weighted by molar-refractivity contribution is -0.137. The van der Waals surface area contributed by atoms with Crippen molar-refractivity contribution < 1.29 is 19.1 Å².